The van der Waals surface area contributed by atoms with Gasteiger partial charge >= 0.3 is 0 Å². The van der Waals surface area contributed by atoms with E-state index in [0.717, 1.165) is 67.9 Å². The van der Waals surface area contributed by atoms with E-state index in [1.54, 1.807) is 6.33 Å². The third-order valence-corrected chi connectivity index (χ3v) is 7.61. The number of nitrogens with one attached hydrogen (secondary N) is 2. The van der Waals surface area contributed by atoms with Crippen LogP contribution in [0.15, 0.2) is 30.6 Å². The minimum Gasteiger partial charge on any atom is -0.488 e. The lowest BCUT2D eigenvalue weighted by Crippen LogP contribution is -2.50. The summed E-state index contributed by atoms with van der Waals surface area (Å²) in [6.07, 6.45) is 8.21. The van der Waals surface area contributed by atoms with Crippen LogP contribution in [-0.4, -0.2) is 52.7 Å². The van der Waals surface area contributed by atoms with E-state index < -0.39 is 0 Å². The zero-order chi connectivity index (χ0) is 21.7. The highest BCUT2D eigenvalue weighted by atomic mass is 16.5. The predicted octanol–water partition coefficient (Wildman–Crippen LogP) is 3.74. The first-order valence-corrected chi connectivity index (χ1v) is 12.2. The number of anilines is 2. The van der Waals surface area contributed by atoms with Crippen molar-refractivity contribution < 1.29 is 4.74 Å². The van der Waals surface area contributed by atoms with Gasteiger partial charge in [0.2, 0.25) is 0 Å². The van der Waals surface area contributed by atoms with Gasteiger partial charge in [0, 0.05) is 43.9 Å². The molecule has 1 saturated heterocycles. The van der Waals surface area contributed by atoms with Gasteiger partial charge in [0.05, 0.1) is 17.4 Å². The number of rotatable bonds is 7. The van der Waals surface area contributed by atoms with Gasteiger partial charge in [-0.25, -0.2) is 15.4 Å². The Bertz CT molecular complexity index is 980. The van der Waals surface area contributed by atoms with E-state index in [1.807, 2.05) is 0 Å². The molecule has 3 fully saturated rings. The maximum atomic E-state index is 6.20. The van der Waals surface area contributed by atoms with Crippen LogP contribution in [0, 0.1) is 5.92 Å². The van der Waals surface area contributed by atoms with Crippen molar-refractivity contribution in [2.45, 2.75) is 63.6 Å². The zero-order valence-electron chi connectivity index (χ0n) is 19.2. The van der Waals surface area contributed by atoms with E-state index in [2.05, 4.69) is 68.7 Å². The average molecular weight is 435 g/mol. The summed E-state index contributed by atoms with van der Waals surface area (Å²) >= 11 is 0. The molecule has 2 saturated carbocycles. The summed E-state index contributed by atoms with van der Waals surface area (Å²) in [5.41, 5.74) is 9.97. The van der Waals surface area contributed by atoms with E-state index in [4.69, 9.17) is 4.74 Å². The molecule has 2 atom stereocenters. The molecule has 0 spiro atoms. The molecule has 32 heavy (non-hydrogen) atoms. The van der Waals surface area contributed by atoms with E-state index in [9.17, 15) is 0 Å². The molecule has 1 unspecified atom stereocenters. The van der Waals surface area contributed by atoms with Crippen molar-refractivity contribution in [3.05, 3.63) is 41.9 Å². The number of nitrogens with zero attached hydrogens (tertiary/aromatic N) is 4. The quantitative estimate of drug-likeness (QED) is 0.688. The van der Waals surface area contributed by atoms with E-state index in [0.29, 0.717) is 6.04 Å². The number of piperazine rings is 1. The summed E-state index contributed by atoms with van der Waals surface area (Å²) in [5.74, 6) is 2.95. The second kappa shape index (κ2) is 7.89. The highest BCUT2D eigenvalue weighted by Gasteiger charge is 2.40. The molecule has 2 aliphatic carbocycles. The monoisotopic (exact) mass is 434 g/mol. The molecule has 170 valence electrons. The van der Waals surface area contributed by atoms with Crippen molar-refractivity contribution in [2.75, 3.05) is 36.5 Å². The van der Waals surface area contributed by atoms with Gasteiger partial charge < -0.3 is 15.1 Å². The summed E-state index contributed by atoms with van der Waals surface area (Å²) in [5, 5.41) is 0. The van der Waals surface area contributed by atoms with Crippen molar-refractivity contribution in [3.63, 3.8) is 0 Å². The minimum atomic E-state index is -0.0119. The number of hydrazine groups is 1. The zero-order valence-corrected chi connectivity index (χ0v) is 19.2. The Labute approximate surface area is 190 Å². The second-order valence-electron chi connectivity index (χ2n) is 10.4. The predicted molar refractivity (Wildman–Crippen MR) is 126 cm³/mol. The van der Waals surface area contributed by atoms with Gasteiger partial charge in [-0.2, -0.15) is 0 Å². The third-order valence-electron chi connectivity index (χ3n) is 7.61. The second-order valence-corrected chi connectivity index (χ2v) is 10.4. The molecule has 6 rings (SSSR count). The normalized spacial score (nSPS) is 25.2. The SMILES string of the molecule is CC(CC1CC1)N1CCN(c2cc([C@@H]3NNc4ccc(OC5(C)CC5)cc43)ncn2)CC1. The minimum absolute atomic E-state index is 0.0119. The molecule has 7 nitrogen and oxygen atoms in total. The molecule has 4 aliphatic rings. The lowest BCUT2D eigenvalue weighted by Gasteiger charge is -2.38. The van der Waals surface area contributed by atoms with Gasteiger partial charge in [-0.15, -0.1) is 0 Å². The molecule has 3 heterocycles. The van der Waals surface area contributed by atoms with Crippen LogP contribution in [0.2, 0.25) is 0 Å². The van der Waals surface area contributed by atoms with Gasteiger partial charge in [0.1, 0.15) is 23.5 Å². The number of hydrogen-bond acceptors (Lipinski definition) is 7. The lowest BCUT2D eigenvalue weighted by atomic mass is 10.0. The molecule has 0 amide bonds. The van der Waals surface area contributed by atoms with Crippen LogP contribution in [0.3, 0.4) is 0 Å². The summed E-state index contributed by atoms with van der Waals surface area (Å²) in [4.78, 5) is 14.3. The molecule has 1 aromatic heterocycles. The molecule has 1 aromatic carbocycles. The Hall–Kier alpha value is -2.38. The maximum absolute atomic E-state index is 6.20. The Morgan fingerprint density at radius 1 is 1.12 bits per heavy atom. The number of fused-ring (bicyclic) bond motifs is 1. The molecule has 2 N–H and O–H groups in total. The van der Waals surface area contributed by atoms with Gasteiger partial charge in [-0.3, -0.25) is 4.90 Å². The van der Waals surface area contributed by atoms with E-state index in [-0.39, 0.29) is 11.6 Å². The van der Waals surface area contributed by atoms with E-state index in [1.165, 1.54) is 24.8 Å². The summed E-state index contributed by atoms with van der Waals surface area (Å²) < 4.78 is 6.20. The molecule has 2 aromatic rings. The molecular formula is C25H34N6O. The topological polar surface area (TPSA) is 65.5 Å². The smallest absolute Gasteiger partial charge is 0.132 e. The molecule has 0 radical (unpaired) electrons. The lowest BCUT2D eigenvalue weighted by molar-refractivity contribution is 0.183. The summed E-state index contributed by atoms with van der Waals surface area (Å²) in [7, 11) is 0. The van der Waals surface area contributed by atoms with Gasteiger partial charge in [-0.05, 0) is 57.2 Å². The standard InChI is InChI=1S/C25H34N6O/c1-17(13-18-3-4-18)30-9-11-31(12-10-30)23-15-22(26-16-27-23)24-20-14-19(32-25(2)7-8-25)5-6-21(20)28-29-24/h5-6,14-18,24,28-29H,3-4,7-13H2,1-2H3/t17?,24-/m1/s1. The maximum Gasteiger partial charge on any atom is 0.132 e. The highest BCUT2D eigenvalue weighted by Crippen LogP contribution is 2.42. The van der Waals surface area contributed by atoms with Crippen molar-refractivity contribution in [1.29, 1.82) is 0 Å². The van der Waals surface area contributed by atoms with Crippen LogP contribution in [0.1, 0.15) is 63.3 Å². The number of benzene rings is 1. The molecular weight excluding hydrogens is 400 g/mol. The highest BCUT2D eigenvalue weighted by molar-refractivity contribution is 5.61. The Morgan fingerprint density at radius 3 is 2.69 bits per heavy atom. The van der Waals surface area contributed by atoms with Crippen LogP contribution in [-0.2, 0) is 0 Å². The van der Waals surface area contributed by atoms with Crippen LogP contribution in [0.4, 0.5) is 11.5 Å². The first-order valence-electron chi connectivity index (χ1n) is 12.2. The number of aromatic nitrogens is 2. The van der Waals surface area contributed by atoms with Crippen LogP contribution in [0.25, 0.3) is 0 Å². The van der Waals surface area contributed by atoms with Crippen LogP contribution in [0.5, 0.6) is 5.75 Å². The van der Waals surface area contributed by atoms with Crippen LogP contribution >= 0.6 is 0 Å². The largest absolute Gasteiger partial charge is 0.488 e. The summed E-state index contributed by atoms with van der Waals surface area (Å²) in [6, 6.07) is 9.13. The summed E-state index contributed by atoms with van der Waals surface area (Å²) in [6.45, 7) is 8.84. The van der Waals surface area contributed by atoms with Gasteiger partial charge in [0.15, 0.2) is 0 Å². The van der Waals surface area contributed by atoms with E-state index >= 15 is 0 Å². The van der Waals surface area contributed by atoms with Crippen LogP contribution < -0.4 is 20.5 Å². The average Bonchev–Trinajstić information content (AvgIpc) is 3.73. The number of hydrogen-bond donors (Lipinski definition) is 2. The Morgan fingerprint density at radius 2 is 1.94 bits per heavy atom. The Balaban J connectivity index is 1.15. The fourth-order valence-electron chi connectivity index (χ4n) is 5.05. The fraction of sp³-hybridized carbons (Fsp3) is 0.600. The van der Waals surface area contributed by atoms with Crippen molar-refractivity contribution in [1.82, 2.24) is 20.3 Å². The van der Waals surface area contributed by atoms with Crippen molar-refractivity contribution in [2.24, 2.45) is 5.92 Å². The molecule has 2 aliphatic heterocycles. The first kappa shape index (κ1) is 20.2. The first-order chi connectivity index (χ1) is 15.6. The third kappa shape index (κ3) is 4.16. The number of ether oxygens (including phenoxy) is 1. The van der Waals surface area contributed by atoms with Crippen molar-refractivity contribution >= 4 is 11.5 Å². The fourth-order valence-corrected chi connectivity index (χ4v) is 5.05. The van der Waals surface area contributed by atoms with Gasteiger partial charge in [0.25, 0.3) is 0 Å². The van der Waals surface area contributed by atoms with Crippen molar-refractivity contribution in [3.8, 4) is 5.75 Å². The Kier molecular flexibility index (Phi) is 4.99. The van der Waals surface area contributed by atoms with Gasteiger partial charge in [-0.1, -0.05) is 12.8 Å². The molecule has 7 heteroatoms. The molecule has 0 bridgehead atoms.